The van der Waals surface area contributed by atoms with Gasteiger partial charge in [0.25, 0.3) is 0 Å². The van der Waals surface area contributed by atoms with Crippen molar-refractivity contribution >= 4 is 6.21 Å². The van der Waals surface area contributed by atoms with Gasteiger partial charge in [-0.15, -0.1) is 0 Å². The van der Waals surface area contributed by atoms with Crippen molar-refractivity contribution in [3.05, 3.63) is 0 Å². The second-order valence-electron chi connectivity index (χ2n) is 1.35. The maximum Gasteiger partial charge on any atom is 0.201 e. The fraction of sp³-hybridized carbons (Fsp3) is 0.800. The van der Waals surface area contributed by atoms with Gasteiger partial charge in [0.15, 0.2) is 0 Å². The molecule has 0 aromatic rings. The van der Waals surface area contributed by atoms with Crippen LogP contribution in [0.3, 0.4) is 0 Å². The van der Waals surface area contributed by atoms with E-state index in [9.17, 15) is 4.39 Å². The Morgan fingerprint density at radius 2 is 2.50 bits per heavy atom. The minimum atomic E-state index is -1.75. The monoisotopic (exact) mass is 119 g/mol. The highest BCUT2D eigenvalue weighted by atomic mass is 19.1. The second-order valence-corrected chi connectivity index (χ2v) is 1.35. The zero-order chi connectivity index (χ0) is 6.41. The van der Waals surface area contributed by atoms with E-state index in [1.165, 1.54) is 6.21 Å². The zero-order valence-electron chi connectivity index (χ0n) is 4.84. The summed E-state index contributed by atoms with van der Waals surface area (Å²) in [6.07, 6.45) is -0.358. The summed E-state index contributed by atoms with van der Waals surface area (Å²) in [5.74, 6) is 0. The summed E-state index contributed by atoms with van der Waals surface area (Å²) in [5, 5.41) is 8.02. The van der Waals surface area contributed by atoms with E-state index in [2.05, 4.69) is 4.99 Å². The lowest BCUT2D eigenvalue weighted by atomic mass is 10.5. The lowest BCUT2D eigenvalue weighted by Gasteiger charge is -1.89. The molecule has 48 valence electrons. The Bertz CT molecular complexity index is 72.8. The molecule has 1 atom stereocenters. The fourth-order valence-electron chi connectivity index (χ4n) is 0.291. The van der Waals surface area contributed by atoms with Gasteiger partial charge >= 0.3 is 0 Å². The van der Waals surface area contributed by atoms with Crippen molar-refractivity contribution in [2.75, 3.05) is 6.54 Å². The highest BCUT2D eigenvalue weighted by Crippen LogP contribution is 1.86. The largest absolute Gasteiger partial charge is 0.364 e. The number of halogens is 1. The molecule has 0 aliphatic rings. The van der Waals surface area contributed by atoms with Gasteiger partial charge in [0, 0.05) is 19.2 Å². The van der Waals surface area contributed by atoms with Gasteiger partial charge in [0.1, 0.15) is 0 Å². The van der Waals surface area contributed by atoms with Crippen LogP contribution in [0.15, 0.2) is 4.99 Å². The summed E-state index contributed by atoms with van der Waals surface area (Å²) in [5.41, 5.74) is 0. The summed E-state index contributed by atoms with van der Waals surface area (Å²) < 4.78 is 11.5. The van der Waals surface area contributed by atoms with Gasteiger partial charge in [-0.3, -0.25) is 4.99 Å². The first-order valence-electron chi connectivity index (χ1n) is 2.57. The lowest BCUT2D eigenvalue weighted by molar-refractivity contribution is 0.0504. The third kappa shape index (κ3) is 5.56. The van der Waals surface area contributed by atoms with Crippen molar-refractivity contribution in [2.45, 2.75) is 19.7 Å². The van der Waals surface area contributed by atoms with Gasteiger partial charge < -0.3 is 5.11 Å². The van der Waals surface area contributed by atoms with E-state index in [4.69, 9.17) is 5.11 Å². The molecule has 0 fully saturated rings. The van der Waals surface area contributed by atoms with E-state index in [0.29, 0.717) is 6.54 Å². The number of nitrogens with zero attached hydrogens (tertiary/aromatic N) is 1. The molecule has 3 heteroatoms. The smallest absolute Gasteiger partial charge is 0.201 e. The molecule has 1 unspecified atom stereocenters. The molecule has 1 N–H and O–H groups in total. The fourth-order valence-corrected chi connectivity index (χ4v) is 0.291. The highest BCUT2D eigenvalue weighted by Gasteiger charge is 1.92. The molecule has 0 amide bonds. The van der Waals surface area contributed by atoms with Crippen molar-refractivity contribution < 1.29 is 9.50 Å². The summed E-state index contributed by atoms with van der Waals surface area (Å²) in [7, 11) is 0. The van der Waals surface area contributed by atoms with Crippen molar-refractivity contribution in [3.8, 4) is 0 Å². The first-order chi connectivity index (χ1) is 3.77. The van der Waals surface area contributed by atoms with E-state index >= 15 is 0 Å². The molecule has 0 heterocycles. The molecule has 0 spiro atoms. The Labute approximate surface area is 48.1 Å². The van der Waals surface area contributed by atoms with E-state index in [0.717, 1.165) is 0 Å². The molecular formula is C5H10FNO. The standard InChI is InChI=1S/C5H10FNO/c1-2-7-4-3-5(6)8/h4-5,8H,2-3H2,1H3. The van der Waals surface area contributed by atoms with Gasteiger partial charge in [-0.2, -0.15) is 0 Å². The summed E-state index contributed by atoms with van der Waals surface area (Å²) in [6, 6.07) is 0. The minimum Gasteiger partial charge on any atom is -0.364 e. The number of rotatable bonds is 3. The minimum absolute atomic E-state index is 0.00778. The predicted molar refractivity (Wildman–Crippen MR) is 30.8 cm³/mol. The van der Waals surface area contributed by atoms with Crippen LogP contribution in [-0.2, 0) is 0 Å². The SMILES string of the molecule is CCN=CCC(O)F. The average molecular weight is 119 g/mol. The molecule has 0 aliphatic carbocycles. The summed E-state index contributed by atoms with van der Waals surface area (Å²) in [4.78, 5) is 3.69. The van der Waals surface area contributed by atoms with Crippen LogP contribution in [-0.4, -0.2) is 24.2 Å². The van der Waals surface area contributed by atoms with Crippen LogP contribution in [0.5, 0.6) is 0 Å². The number of aliphatic hydroxyl groups excluding tert-OH is 1. The first kappa shape index (κ1) is 7.56. The first-order valence-corrected chi connectivity index (χ1v) is 2.57. The average Bonchev–Trinajstić information content (AvgIpc) is 1.66. The summed E-state index contributed by atoms with van der Waals surface area (Å²) in [6.45, 7) is 2.49. The molecule has 0 bridgehead atoms. The molecule has 0 aromatic carbocycles. The molecule has 0 saturated heterocycles. The molecule has 2 nitrogen and oxygen atoms in total. The van der Waals surface area contributed by atoms with Gasteiger partial charge in [-0.1, -0.05) is 0 Å². The number of alkyl halides is 1. The van der Waals surface area contributed by atoms with Crippen LogP contribution in [0.1, 0.15) is 13.3 Å². The van der Waals surface area contributed by atoms with Gasteiger partial charge in [0.05, 0.1) is 0 Å². The molecule has 0 radical (unpaired) electrons. The molecule has 0 rings (SSSR count). The van der Waals surface area contributed by atoms with Crippen LogP contribution in [0.25, 0.3) is 0 Å². The van der Waals surface area contributed by atoms with Gasteiger partial charge in [-0.25, -0.2) is 4.39 Å². The van der Waals surface area contributed by atoms with Crippen molar-refractivity contribution in [1.29, 1.82) is 0 Å². The molecule has 0 aromatic heterocycles. The van der Waals surface area contributed by atoms with Gasteiger partial charge in [-0.05, 0) is 6.92 Å². The quantitative estimate of drug-likeness (QED) is 0.546. The number of hydrogen-bond acceptors (Lipinski definition) is 2. The topological polar surface area (TPSA) is 32.6 Å². The van der Waals surface area contributed by atoms with Crippen LogP contribution >= 0.6 is 0 Å². The van der Waals surface area contributed by atoms with E-state index < -0.39 is 6.36 Å². The Morgan fingerprint density at radius 3 is 2.88 bits per heavy atom. The van der Waals surface area contributed by atoms with Gasteiger partial charge in [0.2, 0.25) is 6.36 Å². The third-order valence-corrected chi connectivity index (χ3v) is 0.612. The van der Waals surface area contributed by atoms with Crippen molar-refractivity contribution in [1.82, 2.24) is 0 Å². The molecule has 0 aliphatic heterocycles. The van der Waals surface area contributed by atoms with E-state index in [1.54, 1.807) is 0 Å². The Balaban J connectivity index is 3.03. The Hall–Kier alpha value is -0.440. The maximum atomic E-state index is 11.5. The van der Waals surface area contributed by atoms with E-state index in [-0.39, 0.29) is 6.42 Å². The van der Waals surface area contributed by atoms with Crippen LogP contribution in [0.2, 0.25) is 0 Å². The Morgan fingerprint density at radius 1 is 1.88 bits per heavy atom. The third-order valence-electron chi connectivity index (χ3n) is 0.612. The summed E-state index contributed by atoms with van der Waals surface area (Å²) >= 11 is 0. The molecule has 8 heavy (non-hydrogen) atoms. The van der Waals surface area contributed by atoms with Crippen LogP contribution in [0, 0.1) is 0 Å². The van der Waals surface area contributed by atoms with Crippen LogP contribution < -0.4 is 0 Å². The number of hydrogen-bond donors (Lipinski definition) is 1. The Kier molecular flexibility index (Phi) is 4.45. The molecular weight excluding hydrogens is 109 g/mol. The highest BCUT2D eigenvalue weighted by molar-refractivity contribution is 5.57. The predicted octanol–water partition coefficient (Wildman–Crippen LogP) is 0.755. The van der Waals surface area contributed by atoms with Crippen molar-refractivity contribution in [3.63, 3.8) is 0 Å². The number of aliphatic imine (C=N–C) groups is 1. The normalized spacial score (nSPS) is 14.9. The van der Waals surface area contributed by atoms with Crippen LogP contribution in [0.4, 0.5) is 4.39 Å². The molecule has 0 saturated carbocycles. The zero-order valence-corrected chi connectivity index (χ0v) is 4.84. The van der Waals surface area contributed by atoms with E-state index in [1.807, 2.05) is 6.92 Å². The van der Waals surface area contributed by atoms with Crippen molar-refractivity contribution in [2.24, 2.45) is 4.99 Å². The number of aliphatic hydroxyl groups is 1. The maximum absolute atomic E-state index is 11.5. The second kappa shape index (κ2) is 4.71. The lowest BCUT2D eigenvalue weighted by Crippen LogP contribution is -1.96.